The molecule has 2 aromatic rings. The molecule has 0 aliphatic heterocycles. The van der Waals surface area contributed by atoms with Crippen LogP contribution in [0.3, 0.4) is 0 Å². The predicted molar refractivity (Wildman–Crippen MR) is 71.1 cm³/mol. The molecule has 0 radical (unpaired) electrons. The molecule has 0 bridgehead atoms. The van der Waals surface area contributed by atoms with Gasteiger partial charge in [-0.25, -0.2) is 4.39 Å². The minimum absolute atomic E-state index is 0.298. The number of benzene rings is 2. The topological polar surface area (TPSA) is 40.5 Å². The van der Waals surface area contributed by atoms with Crippen molar-refractivity contribution in [1.82, 2.24) is 0 Å². The first-order valence-electron chi connectivity index (χ1n) is 5.73. The molecule has 2 rings (SSSR count). The van der Waals surface area contributed by atoms with Crippen molar-refractivity contribution in [3.8, 4) is 11.1 Å². The van der Waals surface area contributed by atoms with Crippen molar-refractivity contribution >= 4 is 12.6 Å². The smallest absolute Gasteiger partial charge is 0.423 e. The Morgan fingerprint density at radius 2 is 1.61 bits per heavy atom. The van der Waals surface area contributed by atoms with Crippen LogP contribution in [0, 0.1) is 19.7 Å². The molecule has 18 heavy (non-hydrogen) atoms. The van der Waals surface area contributed by atoms with E-state index in [1.165, 1.54) is 12.1 Å². The molecular formula is C14H14BFO2. The van der Waals surface area contributed by atoms with Crippen LogP contribution in [0.5, 0.6) is 0 Å². The van der Waals surface area contributed by atoms with Gasteiger partial charge >= 0.3 is 7.12 Å². The lowest BCUT2D eigenvalue weighted by Gasteiger charge is -2.11. The number of hydrogen-bond donors (Lipinski definition) is 2. The van der Waals surface area contributed by atoms with Crippen LogP contribution >= 0.6 is 0 Å². The van der Waals surface area contributed by atoms with Gasteiger partial charge in [0, 0.05) is 5.56 Å². The van der Waals surface area contributed by atoms with Gasteiger partial charge in [0.05, 0.1) is 0 Å². The Morgan fingerprint density at radius 3 is 2.22 bits per heavy atom. The summed E-state index contributed by atoms with van der Waals surface area (Å²) < 4.78 is 14.1. The van der Waals surface area contributed by atoms with Crippen molar-refractivity contribution in [3.63, 3.8) is 0 Å². The van der Waals surface area contributed by atoms with Crippen LogP contribution in [0.15, 0.2) is 36.4 Å². The van der Waals surface area contributed by atoms with E-state index in [9.17, 15) is 14.4 Å². The van der Waals surface area contributed by atoms with Gasteiger partial charge in [0.2, 0.25) is 0 Å². The fourth-order valence-corrected chi connectivity index (χ4v) is 2.02. The molecule has 0 aromatic heterocycles. The van der Waals surface area contributed by atoms with Gasteiger partial charge in [-0.2, -0.15) is 0 Å². The minimum atomic E-state index is -1.59. The summed E-state index contributed by atoms with van der Waals surface area (Å²) in [6, 6.07) is 10.4. The highest BCUT2D eigenvalue weighted by molar-refractivity contribution is 6.58. The van der Waals surface area contributed by atoms with E-state index in [2.05, 4.69) is 0 Å². The molecule has 0 saturated carbocycles. The summed E-state index contributed by atoms with van der Waals surface area (Å²) in [5.74, 6) is -0.325. The molecule has 0 atom stereocenters. The van der Waals surface area contributed by atoms with Crippen LogP contribution in [0.25, 0.3) is 11.1 Å². The molecule has 4 heteroatoms. The second-order valence-electron chi connectivity index (χ2n) is 4.39. The standard InChI is InChI=1S/C14H14BFO2/c1-9-5-3-4-6-12(9)13-8-11(15(17)18)7-10(2)14(13)16/h3-8,17-18H,1-2H3. The SMILES string of the molecule is Cc1ccccc1-c1cc(B(O)O)cc(C)c1F. The van der Waals surface area contributed by atoms with E-state index in [1.54, 1.807) is 6.92 Å². The second kappa shape index (κ2) is 4.92. The van der Waals surface area contributed by atoms with Gasteiger partial charge in [-0.3, -0.25) is 0 Å². The molecule has 2 nitrogen and oxygen atoms in total. The number of hydrogen-bond acceptors (Lipinski definition) is 2. The fourth-order valence-electron chi connectivity index (χ4n) is 2.02. The van der Waals surface area contributed by atoms with E-state index in [0.717, 1.165) is 11.1 Å². The Bertz CT molecular complexity index is 582. The van der Waals surface area contributed by atoms with E-state index >= 15 is 0 Å². The summed E-state index contributed by atoms with van der Waals surface area (Å²) in [4.78, 5) is 0. The maximum Gasteiger partial charge on any atom is 0.488 e. The molecule has 0 heterocycles. The Hall–Kier alpha value is -1.65. The monoisotopic (exact) mass is 244 g/mol. The van der Waals surface area contributed by atoms with Crippen molar-refractivity contribution in [3.05, 3.63) is 53.3 Å². The van der Waals surface area contributed by atoms with Gasteiger partial charge in [-0.05, 0) is 36.0 Å². The average Bonchev–Trinajstić information content (AvgIpc) is 2.33. The van der Waals surface area contributed by atoms with Crippen molar-refractivity contribution in [2.45, 2.75) is 13.8 Å². The van der Waals surface area contributed by atoms with Crippen LogP contribution in [0.1, 0.15) is 11.1 Å². The summed E-state index contributed by atoms with van der Waals surface area (Å²) in [6.07, 6.45) is 0. The average molecular weight is 244 g/mol. The van der Waals surface area contributed by atoms with Gasteiger partial charge in [0.1, 0.15) is 5.82 Å². The van der Waals surface area contributed by atoms with Gasteiger partial charge in [-0.1, -0.05) is 36.4 Å². The van der Waals surface area contributed by atoms with Gasteiger partial charge in [0.15, 0.2) is 0 Å². The van der Waals surface area contributed by atoms with E-state index in [1.807, 2.05) is 31.2 Å². The van der Waals surface area contributed by atoms with Crippen LogP contribution < -0.4 is 5.46 Å². The van der Waals surface area contributed by atoms with Crippen LogP contribution in [-0.2, 0) is 0 Å². The predicted octanol–water partition coefficient (Wildman–Crippen LogP) is 1.79. The highest BCUT2D eigenvalue weighted by Crippen LogP contribution is 2.26. The number of halogens is 1. The molecule has 92 valence electrons. The van der Waals surface area contributed by atoms with E-state index in [-0.39, 0.29) is 5.82 Å². The molecule has 0 amide bonds. The van der Waals surface area contributed by atoms with Crippen LogP contribution in [0.2, 0.25) is 0 Å². The van der Waals surface area contributed by atoms with Crippen LogP contribution in [0.4, 0.5) is 4.39 Å². The Kier molecular flexibility index (Phi) is 3.50. The lowest BCUT2D eigenvalue weighted by molar-refractivity contribution is 0.425. The first-order valence-corrected chi connectivity index (χ1v) is 5.73. The third-order valence-corrected chi connectivity index (χ3v) is 3.01. The highest BCUT2D eigenvalue weighted by Gasteiger charge is 2.17. The van der Waals surface area contributed by atoms with E-state index < -0.39 is 7.12 Å². The number of rotatable bonds is 2. The van der Waals surface area contributed by atoms with E-state index in [4.69, 9.17) is 0 Å². The molecule has 2 N–H and O–H groups in total. The second-order valence-corrected chi connectivity index (χ2v) is 4.39. The van der Waals surface area contributed by atoms with Gasteiger partial charge < -0.3 is 10.0 Å². The molecule has 0 aliphatic rings. The number of aryl methyl sites for hydroxylation is 2. The largest absolute Gasteiger partial charge is 0.488 e. The first kappa shape index (κ1) is 12.8. The van der Waals surface area contributed by atoms with Crippen molar-refractivity contribution < 1.29 is 14.4 Å². The summed E-state index contributed by atoms with van der Waals surface area (Å²) in [7, 11) is -1.59. The quantitative estimate of drug-likeness (QED) is 0.790. The molecule has 0 aliphatic carbocycles. The van der Waals surface area contributed by atoms with Gasteiger partial charge in [0.25, 0.3) is 0 Å². The molecular weight excluding hydrogens is 230 g/mol. The lowest BCUT2D eigenvalue weighted by Crippen LogP contribution is -2.30. The van der Waals surface area contributed by atoms with Crippen molar-refractivity contribution in [1.29, 1.82) is 0 Å². The lowest BCUT2D eigenvalue weighted by atomic mass is 9.77. The summed E-state index contributed by atoms with van der Waals surface area (Å²) >= 11 is 0. The molecule has 0 spiro atoms. The zero-order valence-electron chi connectivity index (χ0n) is 10.3. The summed E-state index contributed by atoms with van der Waals surface area (Å²) in [6.45, 7) is 3.51. The van der Waals surface area contributed by atoms with Crippen molar-refractivity contribution in [2.24, 2.45) is 0 Å². The normalized spacial score (nSPS) is 10.5. The zero-order chi connectivity index (χ0) is 13.3. The Labute approximate surface area is 106 Å². The first-order chi connectivity index (χ1) is 8.50. The molecule has 0 fully saturated rings. The van der Waals surface area contributed by atoms with E-state index in [0.29, 0.717) is 16.6 Å². The molecule has 0 saturated heterocycles. The summed E-state index contributed by atoms with van der Waals surface area (Å²) in [5, 5.41) is 18.4. The van der Waals surface area contributed by atoms with Crippen LogP contribution in [-0.4, -0.2) is 17.2 Å². The van der Waals surface area contributed by atoms with Gasteiger partial charge in [-0.15, -0.1) is 0 Å². The maximum atomic E-state index is 14.1. The Morgan fingerprint density at radius 1 is 0.944 bits per heavy atom. The zero-order valence-corrected chi connectivity index (χ0v) is 10.3. The van der Waals surface area contributed by atoms with Crippen molar-refractivity contribution in [2.75, 3.05) is 0 Å². The maximum absolute atomic E-state index is 14.1. The Balaban J connectivity index is 2.67. The molecule has 0 unspecified atom stereocenters. The third kappa shape index (κ3) is 2.30. The summed E-state index contributed by atoms with van der Waals surface area (Å²) in [5.41, 5.74) is 2.81. The fraction of sp³-hybridized carbons (Fsp3) is 0.143. The highest BCUT2D eigenvalue weighted by atomic mass is 19.1. The molecule has 2 aromatic carbocycles. The minimum Gasteiger partial charge on any atom is -0.423 e. The third-order valence-electron chi connectivity index (χ3n) is 3.01.